The Balaban J connectivity index is 1.76. The van der Waals surface area contributed by atoms with E-state index < -0.39 is 0 Å². The molecule has 0 bridgehead atoms. The molecule has 19 heavy (non-hydrogen) atoms. The van der Waals surface area contributed by atoms with Gasteiger partial charge in [0.05, 0.1) is 11.2 Å². The number of carbonyl (C=O) groups excluding carboxylic acids is 1. The molecule has 0 unspecified atom stereocenters. The highest BCUT2D eigenvalue weighted by Gasteiger charge is 2.30. The Morgan fingerprint density at radius 3 is 3.16 bits per heavy atom. The van der Waals surface area contributed by atoms with Crippen LogP contribution in [-0.4, -0.2) is 28.6 Å². The van der Waals surface area contributed by atoms with Gasteiger partial charge in [-0.25, -0.2) is 0 Å². The molecule has 1 saturated heterocycles. The highest BCUT2D eigenvalue weighted by atomic mass is 32.2. The third-order valence-electron chi connectivity index (χ3n) is 3.47. The second-order valence-electron chi connectivity index (χ2n) is 4.86. The number of furan rings is 1. The quantitative estimate of drug-likeness (QED) is 0.739. The van der Waals surface area contributed by atoms with Gasteiger partial charge in [0.25, 0.3) is 5.91 Å². The number of thioether (sulfide) groups is 1. The number of nitrogens with zero attached hydrogens (tertiary/aromatic N) is 2. The summed E-state index contributed by atoms with van der Waals surface area (Å²) >= 11 is 1.45. The van der Waals surface area contributed by atoms with Crippen LogP contribution in [0.4, 0.5) is 0 Å². The van der Waals surface area contributed by atoms with E-state index in [1.807, 2.05) is 12.1 Å². The standard InChI is InChI=1S/C14H16N2O2S/c1-10-5-2-3-7-16(10)14-15-13(17)12(19-14)9-11-6-4-8-18-11/h4,6,8-10H,2-3,5,7H2,1H3/b12-9+/t10-/m1/s1. The summed E-state index contributed by atoms with van der Waals surface area (Å²) in [4.78, 5) is 19.0. The molecule has 1 fully saturated rings. The SMILES string of the molecule is C[C@@H]1CCCCN1C1=NC(=O)/C(=C\c2ccco2)S1. The van der Waals surface area contributed by atoms with Gasteiger partial charge in [0, 0.05) is 18.7 Å². The van der Waals surface area contributed by atoms with Gasteiger partial charge in [0.15, 0.2) is 5.17 Å². The number of amidine groups is 1. The van der Waals surface area contributed by atoms with Gasteiger partial charge in [-0.2, -0.15) is 4.99 Å². The zero-order valence-electron chi connectivity index (χ0n) is 10.8. The van der Waals surface area contributed by atoms with Crippen LogP contribution in [0, 0.1) is 0 Å². The van der Waals surface area contributed by atoms with E-state index in [9.17, 15) is 4.79 Å². The molecule has 3 heterocycles. The number of hydrogen-bond acceptors (Lipinski definition) is 4. The second-order valence-corrected chi connectivity index (χ2v) is 5.87. The third kappa shape index (κ3) is 2.61. The number of carbonyl (C=O) groups is 1. The van der Waals surface area contributed by atoms with E-state index in [-0.39, 0.29) is 5.91 Å². The van der Waals surface area contributed by atoms with Gasteiger partial charge in [-0.1, -0.05) is 0 Å². The Morgan fingerprint density at radius 1 is 1.53 bits per heavy atom. The van der Waals surface area contributed by atoms with Gasteiger partial charge in [-0.05, 0) is 50.1 Å². The minimum atomic E-state index is -0.158. The van der Waals surface area contributed by atoms with Gasteiger partial charge in [-0.15, -0.1) is 0 Å². The average molecular weight is 276 g/mol. The van der Waals surface area contributed by atoms with Crippen LogP contribution in [0.1, 0.15) is 31.9 Å². The van der Waals surface area contributed by atoms with Crippen molar-refractivity contribution in [1.82, 2.24) is 4.90 Å². The zero-order valence-corrected chi connectivity index (χ0v) is 11.7. The molecule has 1 amide bonds. The summed E-state index contributed by atoms with van der Waals surface area (Å²) in [6.07, 6.45) is 6.97. The van der Waals surface area contributed by atoms with Crippen molar-refractivity contribution in [3.05, 3.63) is 29.1 Å². The first kappa shape index (κ1) is 12.5. The van der Waals surface area contributed by atoms with Gasteiger partial charge in [0.1, 0.15) is 5.76 Å². The van der Waals surface area contributed by atoms with E-state index in [1.54, 1.807) is 12.3 Å². The average Bonchev–Trinajstić information content (AvgIpc) is 3.02. The monoisotopic (exact) mass is 276 g/mol. The van der Waals surface area contributed by atoms with E-state index in [0.29, 0.717) is 16.7 Å². The molecule has 0 aliphatic carbocycles. The molecule has 0 spiro atoms. The van der Waals surface area contributed by atoms with E-state index in [2.05, 4.69) is 16.8 Å². The van der Waals surface area contributed by atoms with Crippen molar-refractivity contribution in [3.8, 4) is 0 Å². The summed E-state index contributed by atoms with van der Waals surface area (Å²) < 4.78 is 5.24. The molecule has 1 aromatic heterocycles. The van der Waals surface area contributed by atoms with E-state index in [4.69, 9.17) is 4.42 Å². The molecule has 0 saturated carbocycles. The van der Waals surface area contributed by atoms with Gasteiger partial charge in [-0.3, -0.25) is 4.79 Å². The fourth-order valence-electron chi connectivity index (χ4n) is 2.41. The lowest BCUT2D eigenvalue weighted by molar-refractivity contribution is -0.113. The lowest BCUT2D eigenvalue weighted by Gasteiger charge is -2.34. The predicted molar refractivity (Wildman–Crippen MR) is 76.7 cm³/mol. The van der Waals surface area contributed by atoms with E-state index in [0.717, 1.165) is 11.7 Å². The molecule has 1 aromatic rings. The summed E-state index contributed by atoms with van der Waals surface area (Å²) in [5.74, 6) is 0.535. The molecule has 0 radical (unpaired) electrons. The summed E-state index contributed by atoms with van der Waals surface area (Å²) in [6, 6.07) is 4.11. The van der Waals surface area contributed by atoms with Crippen LogP contribution in [0.25, 0.3) is 6.08 Å². The first-order valence-corrected chi connectivity index (χ1v) is 7.38. The second kappa shape index (κ2) is 5.25. The maximum Gasteiger partial charge on any atom is 0.286 e. The zero-order chi connectivity index (χ0) is 13.2. The topological polar surface area (TPSA) is 45.8 Å². The van der Waals surface area contributed by atoms with Crippen LogP contribution >= 0.6 is 11.8 Å². The molecular weight excluding hydrogens is 260 g/mol. The third-order valence-corrected chi connectivity index (χ3v) is 4.50. The summed E-state index contributed by atoms with van der Waals surface area (Å²) in [5.41, 5.74) is 0. The maximum absolute atomic E-state index is 11.9. The largest absolute Gasteiger partial charge is 0.465 e. The van der Waals surface area contributed by atoms with Crippen molar-refractivity contribution >= 4 is 28.9 Å². The van der Waals surface area contributed by atoms with Crippen molar-refractivity contribution in [2.45, 2.75) is 32.2 Å². The molecule has 5 heteroatoms. The molecule has 1 atom stereocenters. The number of likely N-dealkylation sites (tertiary alicyclic amines) is 1. The van der Waals surface area contributed by atoms with Crippen LogP contribution in [0.15, 0.2) is 32.7 Å². The van der Waals surface area contributed by atoms with Crippen LogP contribution in [-0.2, 0) is 4.79 Å². The minimum Gasteiger partial charge on any atom is -0.465 e. The number of aliphatic imine (C=N–C) groups is 1. The minimum absolute atomic E-state index is 0.158. The van der Waals surface area contributed by atoms with Crippen molar-refractivity contribution in [1.29, 1.82) is 0 Å². The first-order chi connectivity index (χ1) is 9.24. The number of rotatable bonds is 1. The van der Waals surface area contributed by atoms with Gasteiger partial charge < -0.3 is 9.32 Å². The lowest BCUT2D eigenvalue weighted by atomic mass is 10.1. The van der Waals surface area contributed by atoms with Crippen LogP contribution in [0.2, 0.25) is 0 Å². The van der Waals surface area contributed by atoms with Crippen molar-refractivity contribution in [2.75, 3.05) is 6.54 Å². The molecule has 0 N–H and O–H groups in total. The Labute approximate surface area is 116 Å². The normalized spacial score (nSPS) is 26.1. The summed E-state index contributed by atoms with van der Waals surface area (Å²) in [5, 5.41) is 0.843. The fraction of sp³-hybridized carbons (Fsp3) is 0.429. The molecule has 100 valence electrons. The van der Waals surface area contributed by atoms with Crippen LogP contribution < -0.4 is 0 Å². The predicted octanol–water partition coefficient (Wildman–Crippen LogP) is 3.12. The van der Waals surface area contributed by atoms with Crippen molar-refractivity contribution in [2.24, 2.45) is 4.99 Å². The maximum atomic E-state index is 11.9. The molecule has 2 aliphatic rings. The molecule has 2 aliphatic heterocycles. The highest BCUT2D eigenvalue weighted by molar-refractivity contribution is 8.18. The molecule has 3 rings (SSSR count). The Morgan fingerprint density at radius 2 is 2.42 bits per heavy atom. The van der Waals surface area contributed by atoms with Crippen molar-refractivity contribution < 1.29 is 9.21 Å². The van der Waals surface area contributed by atoms with E-state index in [1.165, 1.54) is 31.0 Å². The molecular formula is C14H16N2O2S. The Bertz CT molecular complexity index is 534. The molecule has 0 aromatic carbocycles. The first-order valence-electron chi connectivity index (χ1n) is 6.57. The van der Waals surface area contributed by atoms with Crippen LogP contribution in [0.5, 0.6) is 0 Å². The number of hydrogen-bond donors (Lipinski definition) is 0. The smallest absolute Gasteiger partial charge is 0.286 e. The Hall–Kier alpha value is -1.49. The summed E-state index contributed by atoms with van der Waals surface area (Å²) in [6.45, 7) is 3.19. The fourth-order valence-corrected chi connectivity index (χ4v) is 3.43. The summed E-state index contributed by atoms with van der Waals surface area (Å²) in [7, 11) is 0. The van der Waals surface area contributed by atoms with Gasteiger partial charge >= 0.3 is 0 Å². The van der Waals surface area contributed by atoms with Crippen molar-refractivity contribution in [3.63, 3.8) is 0 Å². The van der Waals surface area contributed by atoms with E-state index >= 15 is 0 Å². The van der Waals surface area contributed by atoms with Crippen LogP contribution in [0.3, 0.4) is 0 Å². The number of amides is 1. The van der Waals surface area contributed by atoms with Gasteiger partial charge in [0.2, 0.25) is 0 Å². The Kier molecular flexibility index (Phi) is 3.46. The highest BCUT2D eigenvalue weighted by Crippen LogP contribution is 2.32. The lowest BCUT2D eigenvalue weighted by Crippen LogP contribution is -2.40. The molecule has 4 nitrogen and oxygen atoms in total. The number of piperidine rings is 1.